The van der Waals surface area contributed by atoms with Gasteiger partial charge >= 0.3 is 0 Å². The van der Waals surface area contributed by atoms with Crippen molar-refractivity contribution in [1.29, 1.82) is 0 Å². The Morgan fingerprint density at radius 3 is 2.54 bits per heavy atom. The van der Waals surface area contributed by atoms with Gasteiger partial charge in [-0.05, 0) is 62.8 Å². The van der Waals surface area contributed by atoms with Crippen molar-refractivity contribution >= 4 is 21.6 Å². The summed E-state index contributed by atoms with van der Waals surface area (Å²) >= 11 is 0. The number of anilines is 1. The first-order valence-electron chi connectivity index (χ1n) is 8.27. The average molecular weight is 350 g/mol. The van der Waals surface area contributed by atoms with E-state index in [1.807, 2.05) is 19.9 Å². The molecule has 0 spiro atoms. The summed E-state index contributed by atoms with van der Waals surface area (Å²) in [5, 5.41) is 2.84. The van der Waals surface area contributed by atoms with Crippen molar-refractivity contribution in [2.75, 3.05) is 23.7 Å². The average Bonchev–Trinajstić information content (AvgIpc) is 2.53. The standard InChI is InChI=1S/C18H26N2O3S/c1-14-9-10-17(11-15(14)2)20(24(3,22)23)13-18(21)19-12-16-7-5-4-6-8-16/h7,9-11H,4-6,8,12-13H2,1-3H3,(H,19,21). The number of carbonyl (C=O) groups is 1. The Morgan fingerprint density at radius 1 is 1.21 bits per heavy atom. The molecule has 0 radical (unpaired) electrons. The first kappa shape index (κ1) is 18.5. The first-order chi connectivity index (χ1) is 11.3. The summed E-state index contributed by atoms with van der Waals surface area (Å²) in [6.45, 7) is 4.20. The van der Waals surface area contributed by atoms with E-state index in [2.05, 4.69) is 11.4 Å². The molecule has 1 aromatic rings. The van der Waals surface area contributed by atoms with Crippen LogP contribution in [-0.2, 0) is 14.8 Å². The van der Waals surface area contributed by atoms with Crippen LogP contribution < -0.4 is 9.62 Å². The highest BCUT2D eigenvalue weighted by Gasteiger charge is 2.21. The largest absolute Gasteiger partial charge is 0.351 e. The number of sulfonamides is 1. The maximum absolute atomic E-state index is 12.2. The van der Waals surface area contributed by atoms with Gasteiger partial charge in [0, 0.05) is 6.54 Å². The van der Waals surface area contributed by atoms with Crippen molar-refractivity contribution < 1.29 is 13.2 Å². The molecule has 1 aromatic carbocycles. The van der Waals surface area contributed by atoms with E-state index in [9.17, 15) is 13.2 Å². The minimum atomic E-state index is -3.53. The maximum atomic E-state index is 12.2. The zero-order valence-corrected chi connectivity index (χ0v) is 15.4. The highest BCUT2D eigenvalue weighted by Crippen LogP contribution is 2.21. The van der Waals surface area contributed by atoms with Gasteiger partial charge < -0.3 is 5.32 Å². The topological polar surface area (TPSA) is 66.5 Å². The Labute approximate surface area is 144 Å². The lowest BCUT2D eigenvalue weighted by Gasteiger charge is -2.23. The number of hydrogen-bond donors (Lipinski definition) is 1. The predicted molar refractivity (Wildman–Crippen MR) is 97.7 cm³/mol. The van der Waals surface area contributed by atoms with Crippen LogP contribution >= 0.6 is 0 Å². The summed E-state index contributed by atoms with van der Waals surface area (Å²) in [6.07, 6.45) is 7.71. The zero-order valence-electron chi connectivity index (χ0n) is 14.6. The van der Waals surface area contributed by atoms with Crippen molar-refractivity contribution in [1.82, 2.24) is 5.32 Å². The molecule has 0 atom stereocenters. The fraction of sp³-hybridized carbons (Fsp3) is 0.500. The van der Waals surface area contributed by atoms with Crippen LogP contribution in [0.2, 0.25) is 0 Å². The Morgan fingerprint density at radius 2 is 1.96 bits per heavy atom. The quantitative estimate of drug-likeness (QED) is 0.802. The monoisotopic (exact) mass is 350 g/mol. The molecule has 1 aliphatic rings. The van der Waals surface area contributed by atoms with Crippen LogP contribution in [0.3, 0.4) is 0 Å². The molecule has 0 aliphatic heterocycles. The molecule has 0 saturated carbocycles. The fourth-order valence-electron chi connectivity index (χ4n) is 2.74. The van der Waals surface area contributed by atoms with E-state index in [0.29, 0.717) is 12.2 Å². The molecule has 2 rings (SSSR count). The Balaban J connectivity index is 2.07. The molecule has 24 heavy (non-hydrogen) atoms. The molecule has 0 aromatic heterocycles. The van der Waals surface area contributed by atoms with Crippen molar-refractivity contribution in [2.45, 2.75) is 39.5 Å². The molecule has 0 saturated heterocycles. The van der Waals surface area contributed by atoms with Gasteiger partial charge in [-0.3, -0.25) is 9.10 Å². The van der Waals surface area contributed by atoms with Gasteiger partial charge in [-0.2, -0.15) is 0 Å². The molecule has 1 N–H and O–H groups in total. The van der Waals surface area contributed by atoms with E-state index < -0.39 is 10.0 Å². The third-order valence-electron chi connectivity index (χ3n) is 4.36. The number of nitrogens with one attached hydrogen (secondary N) is 1. The molecule has 0 heterocycles. The molecular weight excluding hydrogens is 324 g/mol. The van der Waals surface area contributed by atoms with E-state index in [1.54, 1.807) is 12.1 Å². The molecule has 6 heteroatoms. The molecule has 0 bridgehead atoms. The number of rotatable bonds is 6. The van der Waals surface area contributed by atoms with E-state index in [1.165, 1.54) is 12.0 Å². The number of allylic oxidation sites excluding steroid dienone is 1. The van der Waals surface area contributed by atoms with Crippen molar-refractivity contribution in [3.63, 3.8) is 0 Å². The Hall–Kier alpha value is -1.82. The first-order valence-corrected chi connectivity index (χ1v) is 10.1. The minimum absolute atomic E-state index is 0.200. The molecule has 0 fully saturated rings. The normalized spacial score (nSPS) is 14.9. The van der Waals surface area contributed by atoms with E-state index in [4.69, 9.17) is 0 Å². The van der Waals surface area contributed by atoms with Crippen LogP contribution in [0.25, 0.3) is 0 Å². The van der Waals surface area contributed by atoms with Gasteiger partial charge in [-0.1, -0.05) is 17.7 Å². The second kappa shape index (κ2) is 7.83. The third kappa shape index (κ3) is 5.09. The van der Waals surface area contributed by atoms with E-state index >= 15 is 0 Å². The van der Waals surface area contributed by atoms with Gasteiger partial charge in [0.25, 0.3) is 0 Å². The highest BCUT2D eigenvalue weighted by molar-refractivity contribution is 7.92. The molecule has 1 aliphatic carbocycles. The van der Waals surface area contributed by atoms with Crippen LogP contribution in [0.4, 0.5) is 5.69 Å². The maximum Gasteiger partial charge on any atom is 0.241 e. The summed E-state index contributed by atoms with van der Waals surface area (Å²) in [7, 11) is -3.53. The molecule has 5 nitrogen and oxygen atoms in total. The second-order valence-electron chi connectivity index (χ2n) is 6.42. The summed E-state index contributed by atoms with van der Waals surface area (Å²) in [5.74, 6) is -0.287. The number of benzene rings is 1. The van der Waals surface area contributed by atoms with Crippen LogP contribution in [0.15, 0.2) is 29.8 Å². The van der Waals surface area contributed by atoms with Crippen molar-refractivity contribution in [3.8, 4) is 0 Å². The minimum Gasteiger partial charge on any atom is -0.351 e. The van der Waals surface area contributed by atoms with Gasteiger partial charge in [-0.15, -0.1) is 0 Å². The predicted octanol–water partition coefficient (Wildman–Crippen LogP) is 2.69. The van der Waals surface area contributed by atoms with Crippen LogP contribution in [-0.4, -0.2) is 33.7 Å². The van der Waals surface area contributed by atoms with Gasteiger partial charge in [0.2, 0.25) is 15.9 Å². The Kier molecular flexibility index (Phi) is 6.04. The van der Waals surface area contributed by atoms with Gasteiger partial charge in [-0.25, -0.2) is 8.42 Å². The molecule has 0 unspecified atom stereocenters. The molecule has 132 valence electrons. The van der Waals surface area contributed by atoms with E-state index in [-0.39, 0.29) is 12.5 Å². The van der Waals surface area contributed by atoms with Crippen LogP contribution in [0.1, 0.15) is 36.8 Å². The summed E-state index contributed by atoms with van der Waals surface area (Å²) in [5.41, 5.74) is 3.83. The second-order valence-corrected chi connectivity index (χ2v) is 8.33. The number of nitrogens with zero attached hydrogens (tertiary/aromatic N) is 1. The lowest BCUT2D eigenvalue weighted by atomic mass is 10.00. The number of aryl methyl sites for hydroxylation is 2. The smallest absolute Gasteiger partial charge is 0.241 e. The van der Waals surface area contributed by atoms with Crippen LogP contribution in [0.5, 0.6) is 0 Å². The van der Waals surface area contributed by atoms with Crippen LogP contribution in [0, 0.1) is 13.8 Å². The molecule has 1 amide bonds. The Bertz CT molecular complexity index is 739. The number of carbonyl (C=O) groups excluding carboxylic acids is 1. The van der Waals surface area contributed by atoms with Gasteiger partial charge in [0.15, 0.2) is 0 Å². The van der Waals surface area contributed by atoms with Crippen molar-refractivity contribution in [2.24, 2.45) is 0 Å². The summed E-state index contributed by atoms with van der Waals surface area (Å²) < 4.78 is 25.4. The van der Waals surface area contributed by atoms with E-state index in [0.717, 1.165) is 41.0 Å². The summed E-state index contributed by atoms with van der Waals surface area (Å²) in [6, 6.07) is 5.40. The zero-order chi connectivity index (χ0) is 17.7. The number of hydrogen-bond acceptors (Lipinski definition) is 3. The lowest BCUT2D eigenvalue weighted by Crippen LogP contribution is -2.41. The third-order valence-corrected chi connectivity index (χ3v) is 5.50. The van der Waals surface area contributed by atoms with Gasteiger partial charge in [0.05, 0.1) is 11.9 Å². The SMILES string of the molecule is Cc1ccc(N(CC(=O)NCC2=CCCCC2)S(C)(=O)=O)cc1C. The molecular formula is C18H26N2O3S. The summed E-state index contributed by atoms with van der Waals surface area (Å²) in [4.78, 5) is 12.2. The highest BCUT2D eigenvalue weighted by atomic mass is 32.2. The van der Waals surface area contributed by atoms with Gasteiger partial charge in [0.1, 0.15) is 6.54 Å². The lowest BCUT2D eigenvalue weighted by molar-refractivity contribution is -0.119. The fourth-order valence-corrected chi connectivity index (χ4v) is 3.59. The van der Waals surface area contributed by atoms with Crippen molar-refractivity contribution in [3.05, 3.63) is 41.0 Å². The number of amides is 1.